The largest absolute Gasteiger partial charge is 0.466 e. The minimum atomic E-state index is -6.42. The van der Waals surface area contributed by atoms with Crippen LogP contribution in [0.2, 0.25) is 0 Å². The van der Waals surface area contributed by atoms with E-state index in [-0.39, 0.29) is 18.6 Å². The third-order valence-electron chi connectivity index (χ3n) is 3.87. The van der Waals surface area contributed by atoms with Crippen LogP contribution in [0.1, 0.15) is 51.9 Å². The monoisotopic (exact) mass is 492 g/mol. The van der Waals surface area contributed by atoms with Crippen molar-refractivity contribution >= 4 is 24.0 Å². The van der Waals surface area contributed by atoms with Gasteiger partial charge in [0.15, 0.2) is 0 Å². The van der Waals surface area contributed by atoms with Crippen molar-refractivity contribution in [3.05, 3.63) is 0 Å². The molecule has 0 aromatic carbocycles. The van der Waals surface area contributed by atoms with Crippen LogP contribution in [0.25, 0.3) is 0 Å². The number of hydrogen-bond donors (Lipinski definition) is 1. The molecule has 0 bridgehead atoms. The first-order chi connectivity index (χ1) is 14.3. The molecule has 0 saturated heterocycles. The minimum absolute atomic E-state index is 0.0372. The molecule has 1 N–H and O–H groups in total. The van der Waals surface area contributed by atoms with E-state index in [4.69, 9.17) is 9.99 Å². The summed E-state index contributed by atoms with van der Waals surface area (Å²) in [5, 5.41) is 9.36. The Bertz CT molecular complexity index is 529. The van der Waals surface area contributed by atoms with Crippen LogP contribution >= 0.6 is 12.0 Å². The lowest BCUT2D eigenvalue weighted by Crippen LogP contribution is -2.57. The zero-order valence-corrected chi connectivity index (χ0v) is 17.2. The summed E-state index contributed by atoms with van der Waals surface area (Å²) < 4.78 is 101. The maximum Gasteiger partial charge on any atom is 0.435 e. The van der Waals surface area contributed by atoms with Gasteiger partial charge in [-0.1, -0.05) is 44.1 Å². The molecule has 0 radical (unpaired) electrons. The Morgan fingerprint density at radius 3 is 1.97 bits per heavy atom. The van der Waals surface area contributed by atoms with Gasteiger partial charge in [-0.3, -0.25) is 9.59 Å². The van der Waals surface area contributed by atoms with Gasteiger partial charge in [-0.25, -0.2) is 9.65 Å². The van der Waals surface area contributed by atoms with E-state index in [2.05, 4.69) is 14.1 Å². The van der Waals surface area contributed by atoms with Gasteiger partial charge in [0.2, 0.25) is 0 Å². The highest BCUT2D eigenvalue weighted by atomic mass is 32.2. The fourth-order valence-electron chi connectivity index (χ4n) is 2.09. The van der Waals surface area contributed by atoms with Crippen LogP contribution < -0.4 is 0 Å². The van der Waals surface area contributed by atoms with Gasteiger partial charge in [-0.15, -0.1) is 4.33 Å². The highest BCUT2D eigenvalue weighted by molar-refractivity contribution is 7.95. The summed E-state index contributed by atoms with van der Waals surface area (Å²) in [5.74, 6) is -2.91. The van der Waals surface area contributed by atoms with E-state index in [1.807, 2.05) is 6.92 Å². The van der Waals surface area contributed by atoms with Gasteiger partial charge in [0.05, 0.1) is 25.1 Å². The van der Waals surface area contributed by atoms with E-state index in [1.165, 1.54) is 0 Å². The minimum Gasteiger partial charge on any atom is -0.466 e. The lowest BCUT2D eigenvalue weighted by Gasteiger charge is -2.29. The van der Waals surface area contributed by atoms with E-state index in [0.717, 1.165) is 32.1 Å². The topological polar surface area (TPSA) is 91.3 Å². The van der Waals surface area contributed by atoms with Crippen molar-refractivity contribution in [3.8, 4) is 0 Å². The number of alkyl halides is 7. The Balaban J connectivity index is 4.77. The molecule has 1 unspecified atom stereocenters. The maximum absolute atomic E-state index is 13.5. The third kappa shape index (κ3) is 10.7. The van der Waals surface area contributed by atoms with Crippen molar-refractivity contribution in [1.82, 2.24) is 0 Å². The van der Waals surface area contributed by atoms with E-state index in [1.54, 1.807) is 0 Å². The Labute approximate surface area is 177 Å². The molecule has 0 saturated carbocycles. The third-order valence-corrected chi connectivity index (χ3v) is 4.60. The van der Waals surface area contributed by atoms with Gasteiger partial charge in [-0.05, 0) is 6.42 Å². The molecule has 0 rings (SSSR count). The number of halogens is 7. The van der Waals surface area contributed by atoms with Crippen LogP contribution in [0.5, 0.6) is 0 Å². The van der Waals surface area contributed by atoms with E-state index in [0.29, 0.717) is 6.42 Å². The predicted octanol–water partition coefficient (Wildman–Crippen LogP) is 5.09. The Kier molecular flexibility index (Phi) is 13.4. The average molecular weight is 492 g/mol. The molecular formula is C16H23F7O7S. The summed E-state index contributed by atoms with van der Waals surface area (Å²) >= 11 is -0.156. The van der Waals surface area contributed by atoms with Crippen LogP contribution in [0, 0.1) is 0 Å². The van der Waals surface area contributed by atoms with Crippen molar-refractivity contribution in [2.75, 3.05) is 13.2 Å². The number of esters is 2. The predicted molar refractivity (Wildman–Crippen MR) is 92.0 cm³/mol. The Morgan fingerprint density at radius 1 is 0.903 bits per heavy atom. The fourth-order valence-corrected chi connectivity index (χ4v) is 2.57. The first kappa shape index (κ1) is 29.7. The number of hydrogen-bond acceptors (Lipinski definition) is 8. The van der Waals surface area contributed by atoms with Crippen molar-refractivity contribution in [3.63, 3.8) is 0 Å². The first-order valence-corrected chi connectivity index (χ1v) is 9.88. The zero-order valence-electron chi connectivity index (χ0n) is 16.4. The molecule has 0 aromatic heterocycles. The quantitative estimate of drug-likeness (QED) is 0.0844. The maximum atomic E-state index is 13.5. The summed E-state index contributed by atoms with van der Waals surface area (Å²) in [7, 11) is 0. The molecule has 15 heteroatoms. The summed E-state index contributed by atoms with van der Waals surface area (Å²) in [5.41, 5.74) is -5.82. The first-order valence-electron chi connectivity index (χ1n) is 9.08. The van der Waals surface area contributed by atoms with Crippen LogP contribution in [0.3, 0.4) is 0 Å². The van der Waals surface area contributed by atoms with Gasteiger partial charge in [0.1, 0.15) is 11.9 Å². The molecule has 0 aliphatic carbocycles. The SMILES string of the molecule is CCCCCCCCOC(=O)CC(SOOO)C(=O)OCC(F)(C(F)(F)F)C(F)(F)F. The number of carbonyl (C=O) groups excluding carboxylic acids is 2. The van der Waals surface area contributed by atoms with Crippen LogP contribution in [-0.2, 0) is 28.4 Å². The van der Waals surface area contributed by atoms with Crippen molar-refractivity contribution in [1.29, 1.82) is 0 Å². The van der Waals surface area contributed by atoms with Gasteiger partial charge >= 0.3 is 30.0 Å². The molecule has 31 heavy (non-hydrogen) atoms. The van der Waals surface area contributed by atoms with Crippen LogP contribution in [-0.4, -0.2) is 53.7 Å². The smallest absolute Gasteiger partial charge is 0.435 e. The second-order valence-corrected chi connectivity index (χ2v) is 7.22. The normalized spacial score (nSPS) is 13.7. The number of unbranched alkanes of at least 4 members (excludes halogenated alkanes) is 5. The lowest BCUT2D eigenvalue weighted by molar-refractivity contribution is -0.432. The van der Waals surface area contributed by atoms with Gasteiger partial charge < -0.3 is 9.47 Å². The van der Waals surface area contributed by atoms with E-state index >= 15 is 0 Å². The summed E-state index contributed by atoms with van der Waals surface area (Å²) in [6.07, 6.45) is -8.52. The van der Waals surface area contributed by atoms with E-state index < -0.39 is 48.2 Å². The van der Waals surface area contributed by atoms with Gasteiger partial charge in [0, 0.05) is 0 Å². The standard InChI is InChI=1S/C16H23F7O7S/c1-2-3-4-5-6-7-8-27-12(24)9-11(31-30-29-26)13(25)28-10-14(17,15(18,19)20)16(21,22)23/h11,26H,2-10H2,1H3. The molecule has 7 nitrogen and oxygen atoms in total. The molecule has 1 atom stereocenters. The molecule has 0 aliphatic heterocycles. The fraction of sp³-hybridized carbons (Fsp3) is 0.875. The van der Waals surface area contributed by atoms with Crippen molar-refractivity contribution in [2.24, 2.45) is 0 Å². The number of carbonyl (C=O) groups is 2. The molecule has 0 amide bonds. The highest BCUT2D eigenvalue weighted by Gasteiger charge is 2.73. The summed E-state index contributed by atoms with van der Waals surface area (Å²) in [6, 6.07) is 0. The van der Waals surface area contributed by atoms with Crippen molar-refractivity contribution < 1.29 is 64.4 Å². The molecule has 0 spiro atoms. The second kappa shape index (κ2) is 14.0. The molecule has 184 valence electrons. The highest BCUT2D eigenvalue weighted by Crippen LogP contribution is 2.46. The second-order valence-electron chi connectivity index (χ2n) is 6.32. The lowest BCUT2D eigenvalue weighted by atomic mass is 10.1. The van der Waals surface area contributed by atoms with Gasteiger partial charge in [-0.2, -0.15) is 26.3 Å². The Hall–Kier alpha value is -1.32. The van der Waals surface area contributed by atoms with Crippen LogP contribution in [0.4, 0.5) is 30.7 Å². The Morgan fingerprint density at radius 2 is 1.45 bits per heavy atom. The molecule has 0 fully saturated rings. The van der Waals surface area contributed by atoms with Crippen molar-refractivity contribution in [2.45, 2.75) is 75.1 Å². The molecule has 0 aliphatic rings. The summed E-state index contributed by atoms with van der Waals surface area (Å²) in [4.78, 5) is 23.5. The molecular weight excluding hydrogens is 469 g/mol. The molecule has 0 heterocycles. The van der Waals surface area contributed by atoms with E-state index in [9.17, 15) is 40.3 Å². The summed E-state index contributed by atoms with van der Waals surface area (Å²) in [6.45, 7) is -0.736. The zero-order chi connectivity index (χ0) is 24.1. The number of rotatable bonds is 15. The van der Waals surface area contributed by atoms with Gasteiger partial charge in [0.25, 0.3) is 0 Å². The number of ether oxygens (including phenoxy) is 2. The average Bonchev–Trinajstić information content (AvgIpc) is 2.66. The molecule has 0 aromatic rings. The van der Waals surface area contributed by atoms with Crippen LogP contribution in [0.15, 0.2) is 0 Å².